The number of piperidine rings is 1. The van der Waals surface area contributed by atoms with Gasteiger partial charge in [0.25, 0.3) is 0 Å². The molecule has 1 saturated heterocycles. The third-order valence-corrected chi connectivity index (χ3v) is 5.62. The van der Waals surface area contributed by atoms with Crippen LogP contribution >= 0.6 is 0 Å². The zero-order valence-corrected chi connectivity index (χ0v) is 16.2. The average Bonchev–Trinajstić information content (AvgIpc) is 3.10. The number of hydrogen-bond donors (Lipinski definition) is 2. The van der Waals surface area contributed by atoms with E-state index in [0.717, 1.165) is 64.5 Å². The van der Waals surface area contributed by atoms with Crippen LogP contribution in [0.1, 0.15) is 71.1 Å². The first-order valence-corrected chi connectivity index (χ1v) is 10.3. The van der Waals surface area contributed by atoms with Crippen molar-refractivity contribution in [3.63, 3.8) is 0 Å². The highest BCUT2D eigenvalue weighted by Gasteiger charge is 2.36. The van der Waals surface area contributed by atoms with Gasteiger partial charge in [-0.3, -0.25) is 14.5 Å². The average molecular weight is 363 g/mol. The van der Waals surface area contributed by atoms with Crippen molar-refractivity contribution >= 4 is 11.8 Å². The van der Waals surface area contributed by atoms with Crippen LogP contribution < -0.4 is 10.6 Å². The van der Waals surface area contributed by atoms with Crippen molar-refractivity contribution < 1.29 is 9.59 Å². The molecule has 0 aromatic carbocycles. The molecule has 2 N–H and O–H groups in total. The van der Waals surface area contributed by atoms with Crippen LogP contribution in [0.25, 0.3) is 0 Å². The van der Waals surface area contributed by atoms with E-state index in [-0.39, 0.29) is 24.3 Å². The van der Waals surface area contributed by atoms with Gasteiger partial charge in [-0.2, -0.15) is 5.26 Å². The number of nitrogens with zero attached hydrogens (tertiary/aromatic N) is 2. The Morgan fingerprint density at radius 2 is 1.96 bits per heavy atom. The standard InChI is InChI=1S/C20H34N4O2/c1-2-3-4-7-12-22-19(26)17-9-8-13-24(14-17)15-18(25)23-20(16-21)10-5-6-11-20/h17H,2-15H2,1H3,(H,22,26)(H,23,25). The smallest absolute Gasteiger partial charge is 0.235 e. The summed E-state index contributed by atoms with van der Waals surface area (Å²) in [6.45, 7) is 4.68. The first-order chi connectivity index (χ1) is 12.6. The molecule has 2 amide bonds. The molecule has 1 aliphatic carbocycles. The molecule has 1 atom stereocenters. The van der Waals surface area contributed by atoms with E-state index in [9.17, 15) is 14.9 Å². The number of rotatable bonds is 9. The zero-order valence-electron chi connectivity index (χ0n) is 16.2. The van der Waals surface area contributed by atoms with Crippen LogP contribution in [0.5, 0.6) is 0 Å². The van der Waals surface area contributed by atoms with Crippen LogP contribution in [-0.4, -0.2) is 48.4 Å². The SMILES string of the molecule is CCCCCCNC(=O)C1CCCN(CC(=O)NC2(C#N)CCCC2)C1. The third-order valence-electron chi connectivity index (χ3n) is 5.62. The molecule has 26 heavy (non-hydrogen) atoms. The van der Waals surface area contributed by atoms with Gasteiger partial charge in [-0.15, -0.1) is 0 Å². The van der Waals surface area contributed by atoms with Crippen molar-refractivity contribution in [3.05, 3.63) is 0 Å². The fourth-order valence-corrected chi connectivity index (χ4v) is 4.07. The number of nitrogens with one attached hydrogen (secondary N) is 2. The Hall–Kier alpha value is -1.61. The molecule has 0 radical (unpaired) electrons. The number of carbonyl (C=O) groups excluding carboxylic acids is 2. The Bertz CT molecular complexity index is 508. The van der Waals surface area contributed by atoms with Crippen molar-refractivity contribution in [2.24, 2.45) is 5.92 Å². The van der Waals surface area contributed by atoms with Crippen LogP contribution in [0.3, 0.4) is 0 Å². The summed E-state index contributed by atoms with van der Waals surface area (Å²) in [4.78, 5) is 26.8. The Morgan fingerprint density at radius 1 is 1.19 bits per heavy atom. The third kappa shape index (κ3) is 6.28. The first-order valence-electron chi connectivity index (χ1n) is 10.3. The van der Waals surface area contributed by atoms with E-state index >= 15 is 0 Å². The van der Waals surface area contributed by atoms with E-state index in [1.165, 1.54) is 12.8 Å². The van der Waals surface area contributed by atoms with Gasteiger partial charge in [0.05, 0.1) is 18.5 Å². The summed E-state index contributed by atoms with van der Waals surface area (Å²) in [5.41, 5.74) is -0.665. The van der Waals surface area contributed by atoms with E-state index in [4.69, 9.17) is 0 Å². The van der Waals surface area contributed by atoms with Crippen molar-refractivity contribution in [2.45, 2.75) is 76.7 Å². The van der Waals surface area contributed by atoms with Crippen LogP contribution in [-0.2, 0) is 9.59 Å². The van der Waals surface area contributed by atoms with Gasteiger partial charge in [-0.05, 0) is 51.5 Å². The van der Waals surface area contributed by atoms with Gasteiger partial charge in [-0.25, -0.2) is 0 Å². The molecule has 2 fully saturated rings. The quantitative estimate of drug-likeness (QED) is 0.617. The lowest BCUT2D eigenvalue weighted by atomic mass is 9.96. The Kier molecular flexibility index (Phi) is 8.37. The lowest BCUT2D eigenvalue weighted by Gasteiger charge is -2.32. The number of unbranched alkanes of at least 4 members (excludes halogenated alkanes) is 3. The predicted molar refractivity (Wildman–Crippen MR) is 101 cm³/mol. The summed E-state index contributed by atoms with van der Waals surface area (Å²) in [6, 6.07) is 2.30. The van der Waals surface area contributed by atoms with Gasteiger partial charge in [-0.1, -0.05) is 26.2 Å². The molecule has 1 aliphatic heterocycles. The second kappa shape index (κ2) is 10.5. The Labute approximate surface area is 157 Å². The van der Waals surface area contributed by atoms with Gasteiger partial charge < -0.3 is 10.6 Å². The molecule has 0 aromatic heterocycles. The second-order valence-electron chi connectivity index (χ2n) is 7.88. The highest BCUT2D eigenvalue weighted by molar-refractivity contribution is 5.80. The fraction of sp³-hybridized carbons (Fsp3) is 0.850. The summed E-state index contributed by atoms with van der Waals surface area (Å²) in [7, 11) is 0. The summed E-state index contributed by atoms with van der Waals surface area (Å²) in [5, 5.41) is 15.4. The minimum absolute atomic E-state index is 0.0286. The van der Waals surface area contributed by atoms with Crippen LogP contribution in [0.4, 0.5) is 0 Å². The summed E-state index contributed by atoms with van der Waals surface area (Å²) < 4.78 is 0. The summed E-state index contributed by atoms with van der Waals surface area (Å²) >= 11 is 0. The molecule has 2 aliphatic rings. The molecule has 0 spiro atoms. The van der Waals surface area contributed by atoms with E-state index in [1.807, 2.05) is 0 Å². The minimum Gasteiger partial charge on any atom is -0.356 e. The number of likely N-dealkylation sites (tertiary alicyclic amines) is 1. The maximum absolute atomic E-state index is 12.4. The van der Waals surface area contributed by atoms with Crippen molar-refractivity contribution in [1.29, 1.82) is 5.26 Å². The van der Waals surface area contributed by atoms with Crippen molar-refractivity contribution in [1.82, 2.24) is 15.5 Å². The van der Waals surface area contributed by atoms with Gasteiger partial charge in [0, 0.05) is 13.1 Å². The monoisotopic (exact) mass is 362 g/mol. The van der Waals surface area contributed by atoms with Crippen molar-refractivity contribution in [2.75, 3.05) is 26.2 Å². The zero-order chi connectivity index (χ0) is 18.8. The predicted octanol–water partition coefficient (Wildman–Crippen LogP) is 2.35. The van der Waals surface area contributed by atoms with E-state index in [2.05, 4.69) is 28.5 Å². The lowest BCUT2D eigenvalue weighted by molar-refractivity contribution is -0.129. The first kappa shape index (κ1) is 20.7. The molecule has 6 nitrogen and oxygen atoms in total. The Morgan fingerprint density at radius 3 is 2.65 bits per heavy atom. The molecular weight excluding hydrogens is 328 g/mol. The van der Waals surface area contributed by atoms with Crippen molar-refractivity contribution in [3.8, 4) is 6.07 Å². The Balaban J connectivity index is 1.72. The maximum atomic E-state index is 12.4. The molecule has 0 aromatic rings. The molecule has 1 unspecified atom stereocenters. The van der Waals surface area contributed by atoms with Gasteiger partial charge in [0.15, 0.2) is 0 Å². The maximum Gasteiger partial charge on any atom is 0.235 e. The van der Waals surface area contributed by atoms with Gasteiger partial charge in [0.2, 0.25) is 11.8 Å². The number of hydrogen-bond acceptors (Lipinski definition) is 4. The largest absolute Gasteiger partial charge is 0.356 e. The van der Waals surface area contributed by atoms with E-state index in [1.54, 1.807) is 0 Å². The highest BCUT2D eigenvalue weighted by atomic mass is 16.2. The molecule has 1 heterocycles. The minimum atomic E-state index is -0.665. The molecule has 2 rings (SSSR count). The number of amides is 2. The molecule has 6 heteroatoms. The van der Waals surface area contributed by atoms with Gasteiger partial charge in [0.1, 0.15) is 5.54 Å². The van der Waals surface area contributed by atoms with Crippen LogP contribution in [0, 0.1) is 17.2 Å². The normalized spacial score (nSPS) is 22.5. The van der Waals surface area contributed by atoms with E-state index in [0.29, 0.717) is 6.54 Å². The number of nitriles is 1. The molecule has 0 bridgehead atoms. The fourth-order valence-electron chi connectivity index (χ4n) is 4.07. The molecule has 146 valence electrons. The summed E-state index contributed by atoms with van der Waals surface area (Å²) in [6.07, 6.45) is 9.93. The number of carbonyl (C=O) groups is 2. The van der Waals surface area contributed by atoms with Crippen LogP contribution in [0.2, 0.25) is 0 Å². The van der Waals surface area contributed by atoms with Gasteiger partial charge >= 0.3 is 0 Å². The summed E-state index contributed by atoms with van der Waals surface area (Å²) in [5.74, 6) is 0.00380. The van der Waals surface area contributed by atoms with E-state index < -0.39 is 5.54 Å². The molecular formula is C20H34N4O2. The molecule has 1 saturated carbocycles. The van der Waals surface area contributed by atoms with Crippen LogP contribution in [0.15, 0.2) is 0 Å². The second-order valence-corrected chi connectivity index (χ2v) is 7.88. The lowest BCUT2D eigenvalue weighted by Crippen LogP contribution is -2.51. The topological polar surface area (TPSA) is 85.2 Å². The highest BCUT2D eigenvalue weighted by Crippen LogP contribution is 2.28.